The van der Waals surface area contributed by atoms with Gasteiger partial charge in [-0.3, -0.25) is 10.00 Å². The maximum atomic E-state index is 4.10. The standard InChI is InChI=1S/C20H24N4/c1-15(16-6-3-2-4-7-16)24-11-5-8-19(14-24)22-18-9-10-20-17(12-18)13-21-23-20/h2-4,6-7,9-10,12-13,15,19,22H,5,8,11,14H2,1H3,(H,21,23). The van der Waals surface area contributed by atoms with Crippen LogP contribution in [-0.4, -0.2) is 34.2 Å². The lowest BCUT2D eigenvalue weighted by molar-refractivity contribution is 0.165. The van der Waals surface area contributed by atoms with Gasteiger partial charge in [-0.25, -0.2) is 0 Å². The van der Waals surface area contributed by atoms with Gasteiger partial charge in [0, 0.05) is 29.7 Å². The molecule has 0 bridgehead atoms. The Hall–Kier alpha value is -2.33. The normalized spacial score (nSPS) is 20.1. The number of aromatic amines is 1. The molecule has 0 amide bonds. The number of benzene rings is 2. The highest BCUT2D eigenvalue weighted by Gasteiger charge is 2.24. The van der Waals surface area contributed by atoms with Crippen LogP contribution >= 0.6 is 0 Å². The van der Waals surface area contributed by atoms with Gasteiger partial charge in [-0.2, -0.15) is 5.10 Å². The molecular formula is C20H24N4. The van der Waals surface area contributed by atoms with Crippen LogP contribution in [0, 0.1) is 0 Å². The number of aromatic nitrogens is 2. The predicted molar refractivity (Wildman–Crippen MR) is 99.2 cm³/mol. The average molecular weight is 320 g/mol. The first kappa shape index (κ1) is 15.2. The van der Waals surface area contributed by atoms with E-state index in [1.807, 2.05) is 6.20 Å². The van der Waals surface area contributed by atoms with Crippen LogP contribution in [0.2, 0.25) is 0 Å². The van der Waals surface area contributed by atoms with Crippen molar-refractivity contribution in [2.45, 2.75) is 31.8 Å². The molecule has 4 nitrogen and oxygen atoms in total. The number of H-pyrrole nitrogens is 1. The summed E-state index contributed by atoms with van der Waals surface area (Å²) < 4.78 is 0. The predicted octanol–water partition coefficient (Wildman–Crippen LogP) is 4.20. The van der Waals surface area contributed by atoms with Crippen LogP contribution in [0.15, 0.2) is 54.7 Å². The fraction of sp³-hybridized carbons (Fsp3) is 0.350. The number of piperidine rings is 1. The monoisotopic (exact) mass is 320 g/mol. The quantitative estimate of drug-likeness (QED) is 0.757. The fourth-order valence-corrected chi connectivity index (χ4v) is 3.69. The SMILES string of the molecule is CC(c1ccccc1)N1CCCC(Nc2ccc3[nH]ncc3c2)C1. The summed E-state index contributed by atoms with van der Waals surface area (Å²) in [6, 6.07) is 18.2. The molecule has 1 saturated heterocycles. The molecule has 0 aliphatic carbocycles. The summed E-state index contributed by atoms with van der Waals surface area (Å²) in [5.74, 6) is 0. The number of nitrogens with one attached hydrogen (secondary N) is 2. The van der Waals surface area contributed by atoms with Crippen molar-refractivity contribution in [2.24, 2.45) is 0 Å². The molecule has 2 atom stereocenters. The van der Waals surface area contributed by atoms with E-state index in [0.717, 1.165) is 17.4 Å². The van der Waals surface area contributed by atoms with Crippen LogP contribution in [0.3, 0.4) is 0 Å². The molecule has 1 aliphatic rings. The number of rotatable bonds is 4. The third kappa shape index (κ3) is 3.15. The van der Waals surface area contributed by atoms with Crippen molar-refractivity contribution in [2.75, 3.05) is 18.4 Å². The van der Waals surface area contributed by atoms with E-state index < -0.39 is 0 Å². The summed E-state index contributed by atoms with van der Waals surface area (Å²) >= 11 is 0. The van der Waals surface area contributed by atoms with Crippen LogP contribution in [-0.2, 0) is 0 Å². The Balaban J connectivity index is 1.44. The highest BCUT2D eigenvalue weighted by atomic mass is 15.2. The minimum Gasteiger partial charge on any atom is -0.381 e. The first-order valence-electron chi connectivity index (χ1n) is 8.78. The van der Waals surface area contributed by atoms with Crippen LogP contribution in [0.1, 0.15) is 31.4 Å². The molecule has 0 saturated carbocycles. The Bertz CT molecular complexity index is 796. The molecule has 1 fully saturated rings. The first-order valence-corrected chi connectivity index (χ1v) is 8.78. The Kier molecular flexibility index (Phi) is 4.22. The largest absolute Gasteiger partial charge is 0.381 e. The van der Waals surface area contributed by atoms with Crippen molar-refractivity contribution in [1.29, 1.82) is 0 Å². The lowest BCUT2D eigenvalue weighted by Crippen LogP contribution is -2.43. The Morgan fingerprint density at radius 1 is 1.21 bits per heavy atom. The van der Waals surface area contributed by atoms with Gasteiger partial charge >= 0.3 is 0 Å². The van der Waals surface area contributed by atoms with E-state index >= 15 is 0 Å². The second-order valence-corrected chi connectivity index (χ2v) is 6.74. The Morgan fingerprint density at radius 2 is 2.08 bits per heavy atom. The molecule has 0 spiro atoms. The number of likely N-dealkylation sites (tertiary alicyclic amines) is 1. The molecule has 4 heteroatoms. The van der Waals surface area contributed by atoms with Gasteiger partial charge < -0.3 is 5.32 Å². The average Bonchev–Trinajstić information content (AvgIpc) is 3.10. The lowest BCUT2D eigenvalue weighted by Gasteiger charge is -2.37. The highest BCUT2D eigenvalue weighted by Crippen LogP contribution is 2.26. The minimum atomic E-state index is 0.465. The molecule has 24 heavy (non-hydrogen) atoms. The third-order valence-corrected chi connectivity index (χ3v) is 5.09. The van der Waals surface area contributed by atoms with Gasteiger partial charge in [0.2, 0.25) is 0 Å². The number of anilines is 1. The molecule has 2 unspecified atom stereocenters. The van der Waals surface area contributed by atoms with Crippen LogP contribution in [0.5, 0.6) is 0 Å². The summed E-state index contributed by atoms with van der Waals surface area (Å²) in [5, 5.41) is 12.0. The van der Waals surface area contributed by atoms with Crippen molar-refractivity contribution >= 4 is 16.6 Å². The zero-order valence-corrected chi connectivity index (χ0v) is 14.1. The summed E-state index contributed by atoms with van der Waals surface area (Å²) in [4.78, 5) is 2.59. The number of hydrogen-bond acceptors (Lipinski definition) is 3. The number of hydrogen-bond donors (Lipinski definition) is 2. The fourth-order valence-electron chi connectivity index (χ4n) is 3.69. The minimum absolute atomic E-state index is 0.465. The third-order valence-electron chi connectivity index (χ3n) is 5.09. The van der Waals surface area contributed by atoms with Crippen molar-refractivity contribution in [3.8, 4) is 0 Å². The number of fused-ring (bicyclic) bond motifs is 1. The molecule has 0 radical (unpaired) electrons. The second-order valence-electron chi connectivity index (χ2n) is 6.74. The molecule has 2 heterocycles. The Morgan fingerprint density at radius 3 is 2.96 bits per heavy atom. The topological polar surface area (TPSA) is 44.0 Å². The van der Waals surface area contributed by atoms with Gasteiger partial charge in [0.15, 0.2) is 0 Å². The molecule has 2 aromatic carbocycles. The first-order chi connectivity index (χ1) is 11.8. The smallest absolute Gasteiger partial charge is 0.0651 e. The van der Waals surface area contributed by atoms with Crippen LogP contribution in [0.4, 0.5) is 5.69 Å². The maximum Gasteiger partial charge on any atom is 0.0651 e. The molecule has 1 aliphatic heterocycles. The maximum absolute atomic E-state index is 4.10. The van der Waals surface area contributed by atoms with Gasteiger partial charge in [-0.1, -0.05) is 30.3 Å². The second kappa shape index (κ2) is 6.65. The summed E-state index contributed by atoms with van der Waals surface area (Å²) in [7, 11) is 0. The lowest BCUT2D eigenvalue weighted by atomic mass is 10.00. The van der Waals surface area contributed by atoms with E-state index in [-0.39, 0.29) is 0 Å². The van der Waals surface area contributed by atoms with E-state index in [1.165, 1.54) is 30.6 Å². The zero-order chi connectivity index (χ0) is 16.4. The Labute approximate surface area is 142 Å². The molecule has 3 aromatic rings. The van der Waals surface area contributed by atoms with Gasteiger partial charge in [0.25, 0.3) is 0 Å². The van der Waals surface area contributed by atoms with E-state index in [2.05, 4.69) is 75.9 Å². The molecule has 1 aromatic heterocycles. The van der Waals surface area contributed by atoms with Crippen molar-refractivity contribution in [1.82, 2.24) is 15.1 Å². The van der Waals surface area contributed by atoms with E-state index in [9.17, 15) is 0 Å². The van der Waals surface area contributed by atoms with E-state index in [4.69, 9.17) is 0 Å². The zero-order valence-electron chi connectivity index (χ0n) is 14.1. The van der Waals surface area contributed by atoms with Gasteiger partial charge in [0.1, 0.15) is 0 Å². The van der Waals surface area contributed by atoms with Gasteiger partial charge in [-0.15, -0.1) is 0 Å². The van der Waals surface area contributed by atoms with Gasteiger partial charge in [0.05, 0.1) is 11.7 Å². The summed E-state index contributed by atoms with van der Waals surface area (Å²) in [6.07, 6.45) is 4.34. The highest BCUT2D eigenvalue weighted by molar-refractivity contribution is 5.81. The molecular weight excluding hydrogens is 296 g/mol. The van der Waals surface area contributed by atoms with Crippen LogP contribution in [0.25, 0.3) is 10.9 Å². The van der Waals surface area contributed by atoms with Crippen molar-refractivity contribution in [3.05, 3.63) is 60.3 Å². The van der Waals surface area contributed by atoms with Gasteiger partial charge in [-0.05, 0) is 50.1 Å². The summed E-state index contributed by atoms with van der Waals surface area (Å²) in [6.45, 7) is 4.57. The van der Waals surface area contributed by atoms with Crippen molar-refractivity contribution < 1.29 is 0 Å². The van der Waals surface area contributed by atoms with E-state index in [0.29, 0.717) is 12.1 Å². The van der Waals surface area contributed by atoms with Crippen LogP contribution < -0.4 is 5.32 Å². The number of nitrogens with zero attached hydrogens (tertiary/aromatic N) is 2. The molecule has 2 N–H and O–H groups in total. The molecule has 124 valence electrons. The summed E-state index contributed by atoms with van der Waals surface area (Å²) in [5.41, 5.74) is 3.67. The molecule has 4 rings (SSSR count). The van der Waals surface area contributed by atoms with Crippen molar-refractivity contribution in [3.63, 3.8) is 0 Å². The van der Waals surface area contributed by atoms with E-state index in [1.54, 1.807) is 0 Å².